The summed E-state index contributed by atoms with van der Waals surface area (Å²) in [7, 11) is 1.70. The fourth-order valence-corrected chi connectivity index (χ4v) is 2.99. The van der Waals surface area contributed by atoms with Crippen LogP contribution in [0.1, 0.15) is 35.3 Å². The van der Waals surface area contributed by atoms with Gasteiger partial charge >= 0.3 is 6.18 Å². The Hall–Kier alpha value is -2.35. The average Bonchev–Trinajstić information content (AvgIpc) is 3.12. The number of rotatable bonds is 4. The highest BCUT2D eigenvalue weighted by Crippen LogP contribution is 2.30. The number of carbonyl (C=O) groups excluding carboxylic acids is 1. The lowest BCUT2D eigenvalue weighted by atomic mass is 10.1. The second-order valence-electron chi connectivity index (χ2n) is 6.42. The molecule has 1 aromatic carbocycles. The van der Waals surface area contributed by atoms with Gasteiger partial charge in [0.15, 0.2) is 0 Å². The van der Waals surface area contributed by atoms with E-state index < -0.39 is 11.9 Å². The highest BCUT2D eigenvalue weighted by molar-refractivity contribution is 5.95. The van der Waals surface area contributed by atoms with E-state index in [0.717, 1.165) is 25.3 Å². The van der Waals surface area contributed by atoms with E-state index in [2.05, 4.69) is 5.10 Å². The van der Waals surface area contributed by atoms with Crippen molar-refractivity contribution < 1.29 is 22.7 Å². The first-order valence-electron chi connectivity index (χ1n) is 8.44. The molecule has 3 rings (SSSR count). The van der Waals surface area contributed by atoms with Crippen LogP contribution in [0.2, 0.25) is 0 Å². The molecule has 1 aliphatic rings. The lowest BCUT2D eigenvalue weighted by molar-refractivity contribution is -0.141. The van der Waals surface area contributed by atoms with Gasteiger partial charge in [0, 0.05) is 31.3 Å². The summed E-state index contributed by atoms with van der Waals surface area (Å²) >= 11 is 0. The maximum atomic E-state index is 12.7. The minimum Gasteiger partial charge on any atom is -0.376 e. The van der Waals surface area contributed by atoms with Crippen molar-refractivity contribution in [2.45, 2.75) is 31.5 Å². The summed E-state index contributed by atoms with van der Waals surface area (Å²) in [5.74, 6) is -0.201. The van der Waals surface area contributed by atoms with Crippen LogP contribution in [-0.4, -0.2) is 47.3 Å². The van der Waals surface area contributed by atoms with Gasteiger partial charge in [-0.3, -0.25) is 9.89 Å². The molecule has 1 aromatic heterocycles. The molecule has 5 nitrogen and oxygen atoms in total. The lowest BCUT2D eigenvalue weighted by Crippen LogP contribution is -2.37. The number of halogens is 3. The summed E-state index contributed by atoms with van der Waals surface area (Å²) in [6, 6.07) is 7.38. The van der Waals surface area contributed by atoms with Crippen LogP contribution in [-0.2, 0) is 10.9 Å². The Balaban J connectivity index is 1.73. The standard InChI is InChI=1S/C18H20F3N3O2/c1-24(11-14-7-2-3-8-26-14)17(25)13-6-4-5-12(9-13)15-10-16(23-22-15)18(19,20)21/h4-6,9-10,14H,2-3,7-8,11H2,1H3,(H,22,23)/t14-/m1/s1. The molecule has 0 aliphatic carbocycles. The minimum atomic E-state index is -4.49. The first kappa shape index (κ1) is 18.4. The first-order chi connectivity index (χ1) is 12.3. The SMILES string of the molecule is CN(C[C@H]1CCCCO1)C(=O)c1cccc(-c2cc(C(F)(F)F)[nH]n2)c1. The first-order valence-corrected chi connectivity index (χ1v) is 8.44. The quantitative estimate of drug-likeness (QED) is 0.896. The van der Waals surface area contributed by atoms with Crippen molar-refractivity contribution in [3.63, 3.8) is 0 Å². The molecule has 2 aromatic rings. The smallest absolute Gasteiger partial charge is 0.376 e. The average molecular weight is 367 g/mol. The highest BCUT2D eigenvalue weighted by atomic mass is 19.4. The van der Waals surface area contributed by atoms with E-state index >= 15 is 0 Å². The number of benzene rings is 1. The molecule has 140 valence electrons. The van der Waals surface area contributed by atoms with Crippen LogP contribution in [0.25, 0.3) is 11.3 Å². The molecule has 0 unspecified atom stereocenters. The molecule has 26 heavy (non-hydrogen) atoms. The van der Waals surface area contributed by atoms with Gasteiger partial charge in [0.1, 0.15) is 5.69 Å². The molecule has 0 bridgehead atoms. The number of H-pyrrole nitrogens is 1. The highest BCUT2D eigenvalue weighted by Gasteiger charge is 2.33. The molecular weight excluding hydrogens is 347 g/mol. The number of carbonyl (C=O) groups is 1. The van der Waals surface area contributed by atoms with Crippen molar-refractivity contribution in [3.05, 3.63) is 41.6 Å². The van der Waals surface area contributed by atoms with Crippen LogP contribution in [0.15, 0.2) is 30.3 Å². The predicted octanol–water partition coefficient (Wildman–Crippen LogP) is 3.74. The second kappa shape index (κ2) is 7.49. The Morgan fingerprint density at radius 1 is 1.35 bits per heavy atom. The molecular formula is C18H20F3N3O2. The van der Waals surface area contributed by atoms with Crippen molar-refractivity contribution in [3.8, 4) is 11.3 Å². The van der Waals surface area contributed by atoms with Crippen molar-refractivity contribution in [1.29, 1.82) is 0 Å². The Kier molecular flexibility index (Phi) is 5.31. The molecule has 0 spiro atoms. The summed E-state index contributed by atoms with van der Waals surface area (Å²) in [4.78, 5) is 14.2. The van der Waals surface area contributed by atoms with Crippen LogP contribution in [0.5, 0.6) is 0 Å². The third-order valence-corrected chi connectivity index (χ3v) is 4.39. The van der Waals surface area contributed by atoms with E-state index in [1.54, 1.807) is 36.2 Å². The van der Waals surface area contributed by atoms with Crippen LogP contribution in [0.3, 0.4) is 0 Å². The Morgan fingerprint density at radius 3 is 2.81 bits per heavy atom. The number of aromatic amines is 1. The Bertz CT molecular complexity index is 767. The topological polar surface area (TPSA) is 58.2 Å². The number of aromatic nitrogens is 2. The zero-order chi connectivity index (χ0) is 18.7. The fourth-order valence-electron chi connectivity index (χ4n) is 2.99. The van der Waals surface area contributed by atoms with Gasteiger partial charge in [0.25, 0.3) is 5.91 Å². The number of nitrogens with zero attached hydrogens (tertiary/aromatic N) is 2. The largest absolute Gasteiger partial charge is 0.432 e. The number of hydrogen-bond acceptors (Lipinski definition) is 3. The Morgan fingerprint density at radius 2 is 2.15 bits per heavy atom. The molecule has 1 saturated heterocycles. The van der Waals surface area contributed by atoms with Gasteiger partial charge in [-0.15, -0.1) is 0 Å². The summed E-state index contributed by atoms with van der Waals surface area (Å²) in [5.41, 5.74) is 0.0725. The van der Waals surface area contributed by atoms with E-state index in [1.165, 1.54) is 0 Å². The summed E-state index contributed by atoms with van der Waals surface area (Å²) in [6.45, 7) is 1.20. The summed E-state index contributed by atoms with van der Waals surface area (Å²) < 4.78 is 43.8. The molecule has 0 saturated carbocycles. The molecule has 1 fully saturated rings. The molecule has 1 N–H and O–H groups in total. The van der Waals surface area contributed by atoms with Gasteiger partial charge in [-0.05, 0) is 37.5 Å². The van der Waals surface area contributed by atoms with Crippen LogP contribution in [0, 0.1) is 0 Å². The van der Waals surface area contributed by atoms with Crippen LogP contribution >= 0.6 is 0 Å². The van der Waals surface area contributed by atoms with Crippen molar-refractivity contribution in [2.24, 2.45) is 0 Å². The summed E-state index contributed by atoms with van der Waals surface area (Å²) in [5, 5.41) is 5.68. The molecule has 8 heteroatoms. The van der Waals surface area contributed by atoms with Gasteiger partial charge in [-0.2, -0.15) is 18.3 Å². The number of nitrogens with one attached hydrogen (secondary N) is 1. The maximum Gasteiger partial charge on any atom is 0.432 e. The third-order valence-electron chi connectivity index (χ3n) is 4.39. The normalized spacial score (nSPS) is 17.9. The van der Waals surface area contributed by atoms with Crippen molar-refractivity contribution in [1.82, 2.24) is 15.1 Å². The predicted molar refractivity (Wildman–Crippen MR) is 89.6 cm³/mol. The van der Waals surface area contributed by atoms with Crippen molar-refractivity contribution in [2.75, 3.05) is 20.2 Å². The minimum absolute atomic E-state index is 0.0292. The number of hydrogen-bond donors (Lipinski definition) is 1. The molecule has 0 radical (unpaired) electrons. The zero-order valence-corrected chi connectivity index (χ0v) is 14.3. The Labute approximate surface area is 149 Å². The maximum absolute atomic E-state index is 12.7. The van der Waals surface area contributed by atoms with E-state index in [1.807, 2.05) is 5.10 Å². The zero-order valence-electron chi connectivity index (χ0n) is 14.3. The van der Waals surface area contributed by atoms with Gasteiger partial charge in [-0.1, -0.05) is 12.1 Å². The summed E-state index contributed by atoms with van der Waals surface area (Å²) in [6.07, 6.45) is -1.41. The van der Waals surface area contributed by atoms with E-state index in [-0.39, 0.29) is 17.7 Å². The molecule has 1 amide bonds. The number of alkyl halides is 3. The lowest BCUT2D eigenvalue weighted by Gasteiger charge is -2.27. The molecule has 2 heterocycles. The number of amides is 1. The van der Waals surface area contributed by atoms with Gasteiger partial charge < -0.3 is 9.64 Å². The fraction of sp³-hybridized carbons (Fsp3) is 0.444. The van der Waals surface area contributed by atoms with Gasteiger partial charge in [0.2, 0.25) is 0 Å². The molecule has 1 aliphatic heterocycles. The van der Waals surface area contributed by atoms with E-state index in [9.17, 15) is 18.0 Å². The third kappa shape index (κ3) is 4.24. The second-order valence-corrected chi connectivity index (χ2v) is 6.42. The van der Waals surface area contributed by atoms with Crippen molar-refractivity contribution >= 4 is 5.91 Å². The van der Waals surface area contributed by atoms with Gasteiger partial charge in [0.05, 0.1) is 11.8 Å². The van der Waals surface area contributed by atoms with Gasteiger partial charge in [-0.25, -0.2) is 0 Å². The molecule has 1 atom stereocenters. The number of likely N-dealkylation sites (N-methyl/N-ethyl adjacent to an activating group) is 1. The number of ether oxygens (including phenoxy) is 1. The monoisotopic (exact) mass is 367 g/mol. The van der Waals surface area contributed by atoms with E-state index in [4.69, 9.17) is 4.74 Å². The van der Waals surface area contributed by atoms with Crippen LogP contribution in [0.4, 0.5) is 13.2 Å². The van der Waals surface area contributed by atoms with Crippen LogP contribution < -0.4 is 0 Å². The van der Waals surface area contributed by atoms with E-state index in [0.29, 0.717) is 24.3 Å².